The molecule has 0 radical (unpaired) electrons. The fourth-order valence-electron chi connectivity index (χ4n) is 2.52. The lowest BCUT2D eigenvalue weighted by Crippen LogP contribution is -2.45. The smallest absolute Gasteiger partial charge is 0.412 e. The van der Waals surface area contributed by atoms with Crippen molar-refractivity contribution in [1.29, 1.82) is 0 Å². The standard InChI is InChI=1S/C19H26N2O5/c1-5-13(8-11(2)3)17(23)21-16(18(24)26-19(20)25)10-14-6-7-15(22)9-12(14)4/h5-7,9,11,16,22H,8,10H2,1-4H3,(H2,20,25)(H,21,23)/t16-/m0/s1. The van der Waals surface area contributed by atoms with Crippen LogP contribution in [0.5, 0.6) is 5.75 Å². The summed E-state index contributed by atoms with van der Waals surface area (Å²) < 4.78 is 4.46. The second kappa shape index (κ2) is 9.60. The highest BCUT2D eigenvalue weighted by Gasteiger charge is 2.26. The minimum atomic E-state index is -1.23. The van der Waals surface area contributed by atoms with Crippen molar-refractivity contribution in [1.82, 2.24) is 5.32 Å². The molecule has 7 heteroatoms. The molecule has 0 saturated heterocycles. The van der Waals surface area contributed by atoms with E-state index >= 15 is 0 Å². The van der Waals surface area contributed by atoms with Gasteiger partial charge in [-0.05, 0) is 49.4 Å². The SMILES string of the molecule is CC=C(CC(C)C)C(=O)N[C@@H](Cc1ccc(O)cc1C)C(=O)OC(N)=O. The van der Waals surface area contributed by atoms with Gasteiger partial charge in [0.05, 0.1) is 0 Å². The lowest BCUT2D eigenvalue weighted by Gasteiger charge is -2.19. The number of amides is 2. The maximum absolute atomic E-state index is 12.5. The first-order chi connectivity index (χ1) is 12.1. The van der Waals surface area contributed by atoms with Gasteiger partial charge in [0.15, 0.2) is 0 Å². The lowest BCUT2D eigenvalue weighted by atomic mass is 9.99. The van der Waals surface area contributed by atoms with E-state index in [0.29, 0.717) is 12.0 Å². The van der Waals surface area contributed by atoms with Crippen LogP contribution in [0.3, 0.4) is 0 Å². The highest BCUT2D eigenvalue weighted by Crippen LogP contribution is 2.18. The van der Waals surface area contributed by atoms with Crippen LogP contribution in [0.15, 0.2) is 29.8 Å². The molecule has 0 aliphatic carbocycles. The van der Waals surface area contributed by atoms with Gasteiger partial charge >= 0.3 is 12.1 Å². The minimum absolute atomic E-state index is 0.0969. The van der Waals surface area contributed by atoms with Gasteiger partial charge in [0.2, 0.25) is 5.91 Å². The zero-order valence-electron chi connectivity index (χ0n) is 15.5. The van der Waals surface area contributed by atoms with Gasteiger partial charge in [0, 0.05) is 12.0 Å². The van der Waals surface area contributed by atoms with Crippen LogP contribution in [0.4, 0.5) is 4.79 Å². The largest absolute Gasteiger partial charge is 0.508 e. The van der Waals surface area contributed by atoms with E-state index in [1.165, 1.54) is 6.07 Å². The van der Waals surface area contributed by atoms with Crippen molar-refractivity contribution in [3.8, 4) is 5.75 Å². The third-order valence-electron chi connectivity index (χ3n) is 3.81. The lowest BCUT2D eigenvalue weighted by molar-refractivity contribution is -0.141. The maximum Gasteiger partial charge on any atom is 0.412 e. The average molecular weight is 362 g/mol. The molecule has 0 aromatic heterocycles. The van der Waals surface area contributed by atoms with Crippen molar-refractivity contribution >= 4 is 18.0 Å². The van der Waals surface area contributed by atoms with Gasteiger partial charge in [0.1, 0.15) is 11.8 Å². The molecule has 26 heavy (non-hydrogen) atoms. The van der Waals surface area contributed by atoms with E-state index in [4.69, 9.17) is 5.73 Å². The molecule has 0 heterocycles. The summed E-state index contributed by atoms with van der Waals surface area (Å²) in [5.41, 5.74) is 6.92. The predicted molar refractivity (Wildman–Crippen MR) is 97.4 cm³/mol. The monoisotopic (exact) mass is 362 g/mol. The third-order valence-corrected chi connectivity index (χ3v) is 3.81. The summed E-state index contributed by atoms with van der Waals surface area (Å²) in [6, 6.07) is 3.59. The number of phenols is 1. The number of hydrogen-bond donors (Lipinski definition) is 3. The van der Waals surface area contributed by atoms with Crippen molar-refractivity contribution in [3.63, 3.8) is 0 Å². The number of benzene rings is 1. The summed E-state index contributed by atoms with van der Waals surface area (Å²) in [5.74, 6) is -0.968. The highest BCUT2D eigenvalue weighted by molar-refractivity contribution is 5.97. The normalized spacial score (nSPS) is 12.6. The maximum atomic E-state index is 12.5. The van der Waals surface area contributed by atoms with Gasteiger partial charge in [-0.15, -0.1) is 0 Å². The molecule has 0 saturated carbocycles. The van der Waals surface area contributed by atoms with Crippen molar-refractivity contribution in [2.24, 2.45) is 11.7 Å². The Morgan fingerprint density at radius 3 is 2.46 bits per heavy atom. The van der Waals surface area contributed by atoms with Gasteiger partial charge in [0.25, 0.3) is 0 Å². The molecular formula is C19H26N2O5. The summed E-state index contributed by atoms with van der Waals surface area (Å²) in [5, 5.41) is 12.1. The molecule has 0 aliphatic heterocycles. The Balaban J connectivity index is 3.03. The average Bonchev–Trinajstić information content (AvgIpc) is 2.53. The highest BCUT2D eigenvalue weighted by atomic mass is 16.6. The second-order valence-electron chi connectivity index (χ2n) is 6.49. The Morgan fingerprint density at radius 2 is 1.96 bits per heavy atom. The van der Waals surface area contributed by atoms with Crippen LogP contribution in [0.25, 0.3) is 0 Å². The molecular weight excluding hydrogens is 336 g/mol. The topological polar surface area (TPSA) is 119 Å². The van der Waals surface area contributed by atoms with E-state index in [1.807, 2.05) is 13.8 Å². The summed E-state index contributed by atoms with van der Waals surface area (Å²) in [6.45, 7) is 7.48. The number of allylic oxidation sites excluding steroid dienone is 1. The summed E-state index contributed by atoms with van der Waals surface area (Å²) >= 11 is 0. The zero-order valence-corrected chi connectivity index (χ0v) is 15.5. The Labute approximate surface area is 153 Å². The fourth-order valence-corrected chi connectivity index (χ4v) is 2.52. The van der Waals surface area contributed by atoms with Crippen LogP contribution in [0.2, 0.25) is 0 Å². The number of primary amides is 1. The van der Waals surface area contributed by atoms with Crippen LogP contribution in [-0.4, -0.2) is 29.1 Å². The van der Waals surface area contributed by atoms with Crippen LogP contribution >= 0.6 is 0 Å². The molecule has 4 N–H and O–H groups in total. The Hall–Kier alpha value is -2.83. The number of carbonyl (C=O) groups is 3. The van der Waals surface area contributed by atoms with Crippen molar-refractivity contribution in [2.45, 2.75) is 46.6 Å². The number of nitrogens with two attached hydrogens (primary N) is 1. The molecule has 1 rings (SSSR count). The van der Waals surface area contributed by atoms with Gasteiger partial charge < -0.3 is 20.9 Å². The number of esters is 1. The van der Waals surface area contributed by atoms with Gasteiger partial charge in [-0.2, -0.15) is 0 Å². The molecule has 0 bridgehead atoms. The number of rotatable bonds is 7. The van der Waals surface area contributed by atoms with Crippen LogP contribution in [0, 0.1) is 12.8 Å². The van der Waals surface area contributed by atoms with Crippen LogP contribution < -0.4 is 11.1 Å². The van der Waals surface area contributed by atoms with E-state index < -0.39 is 24.0 Å². The van der Waals surface area contributed by atoms with E-state index in [2.05, 4.69) is 10.1 Å². The van der Waals surface area contributed by atoms with Gasteiger partial charge in [-0.1, -0.05) is 26.0 Å². The number of nitrogens with one attached hydrogen (secondary N) is 1. The number of hydrogen-bond acceptors (Lipinski definition) is 5. The number of aromatic hydroxyl groups is 1. The molecule has 0 unspecified atom stereocenters. The predicted octanol–water partition coefficient (Wildman–Crippen LogP) is 2.34. The van der Waals surface area contributed by atoms with E-state index in [1.54, 1.807) is 32.1 Å². The molecule has 0 spiro atoms. The van der Waals surface area contributed by atoms with E-state index in [9.17, 15) is 19.5 Å². The van der Waals surface area contributed by atoms with Crippen molar-refractivity contribution < 1.29 is 24.2 Å². The van der Waals surface area contributed by atoms with E-state index in [-0.39, 0.29) is 18.1 Å². The number of ether oxygens (including phenoxy) is 1. The van der Waals surface area contributed by atoms with Crippen LogP contribution in [0.1, 0.15) is 38.3 Å². The number of aryl methyl sites for hydroxylation is 1. The Bertz CT molecular complexity index is 710. The van der Waals surface area contributed by atoms with E-state index in [0.717, 1.165) is 11.1 Å². The molecule has 1 aromatic carbocycles. The summed E-state index contributed by atoms with van der Waals surface area (Å²) in [4.78, 5) is 35.6. The molecule has 0 aliphatic rings. The Morgan fingerprint density at radius 1 is 1.31 bits per heavy atom. The molecule has 1 atom stereocenters. The minimum Gasteiger partial charge on any atom is -0.508 e. The summed E-state index contributed by atoms with van der Waals surface area (Å²) in [6.07, 6.45) is 1.11. The number of phenolic OH excluding ortho intramolecular Hbond substituents is 1. The molecule has 1 aromatic rings. The molecule has 142 valence electrons. The van der Waals surface area contributed by atoms with Gasteiger partial charge in [-0.25, -0.2) is 9.59 Å². The fraction of sp³-hybridized carbons (Fsp3) is 0.421. The van der Waals surface area contributed by atoms with Crippen LogP contribution in [-0.2, 0) is 20.7 Å². The first kappa shape index (κ1) is 21.2. The summed E-state index contributed by atoms with van der Waals surface area (Å²) in [7, 11) is 0. The second-order valence-corrected chi connectivity index (χ2v) is 6.49. The third kappa shape index (κ3) is 6.58. The molecule has 2 amide bonds. The van der Waals surface area contributed by atoms with Crippen molar-refractivity contribution in [2.75, 3.05) is 0 Å². The van der Waals surface area contributed by atoms with Gasteiger partial charge in [-0.3, -0.25) is 4.79 Å². The molecule has 7 nitrogen and oxygen atoms in total. The first-order valence-electron chi connectivity index (χ1n) is 8.39. The van der Waals surface area contributed by atoms with Crippen molar-refractivity contribution in [3.05, 3.63) is 41.0 Å². The number of carbonyl (C=O) groups excluding carboxylic acids is 3. The Kier molecular flexibility index (Phi) is 7.83. The zero-order chi connectivity index (χ0) is 19.9. The first-order valence-corrected chi connectivity index (χ1v) is 8.39. The quantitative estimate of drug-likeness (QED) is 0.391. The molecule has 0 fully saturated rings.